The van der Waals surface area contributed by atoms with Gasteiger partial charge in [-0.15, -0.1) is 0 Å². The highest BCUT2D eigenvalue weighted by atomic mass is 19.1. The quantitative estimate of drug-likeness (QED) is 0.763. The van der Waals surface area contributed by atoms with Crippen molar-refractivity contribution in [3.63, 3.8) is 0 Å². The van der Waals surface area contributed by atoms with Crippen LogP contribution in [-0.4, -0.2) is 15.9 Å². The highest BCUT2D eigenvalue weighted by molar-refractivity contribution is 6.02. The van der Waals surface area contributed by atoms with Gasteiger partial charge in [0.2, 0.25) is 0 Å². The molecule has 7 heteroatoms. The second-order valence-electron chi connectivity index (χ2n) is 5.07. The number of nitrogens with one attached hydrogen (secondary N) is 2. The molecule has 0 radical (unpaired) electrons. The van der Waals surface area contributed by atoms with Crippen molar-refractivity contribution >= 4 is 23.1 Å². The molecule has 0 aliphatic carbocycles. The number of hydrogen-bond acceptors (Lipinski definition) is 5. The van der Waals surface area contributed by atoms with E-state index in [0.717, 1.165) is 5.69 Å². The summed E-state index contributed by atoms with van der Waals surface area (Å²) in [5, 5.41) is 14.3. The summed E-state index contributed by atoms with van der Waals surface area (Å²) >= 11 is 0. The first-order valence-electron chi connectivity index (χ1n) is 7.30. The minimum absolute atomic E-state index is 0.106. The number of benzene rings is 2. The third kappa shape index (κ3) is 4.14. The molecule has 0 saturated carbocycles. The molecule has 1 heterocycles. The van der Waals surface area contributed by atoms with Gasteiger partial charge in [-0.1, -0.05) is 6.07 Å². The molecule has 25 heavy (non-hydrogen) atoms. The molecule has 1 aromatic heterocycles. The molecular weight excluding hydrogens is 321 g/mol. The van der Waals surface area contributed by atoms with Crippen LogP contribution in [0.2, 0.25) is 0 Å². The third-order valence-electron chi connectivity index (χ3n) is 3.25. The summed E-state index contributed by atoms with van der Waals surface area (Å²) in [5.74, 6) is -0.471. The van der Waals surface area contributed by atoms with Crippen LogP contribution in [0.4, 0.5) is 21.6 Å². The van der Waals surface area contributed by atoms with Gasteiger partial charge >= 0.3 is 0 Å². The van der Waals surface area contributed by atoms with Crippen molar-refractivity contribution in [2.45, 2.75) is 0 Å². The Hall–Kier alpha value is -3.79. The maximum atomic E-state index is 13.1. The Labute approximate surface area is 143 Å². The van der Waals surface area contributed by atoms with Crippen LogP contribution in [0, 0.1) is 17.1 Å². The van der Waals surface area contributed by atoms with Crippen LogP contribution >= 0.6 is 0 Å². The molecule has 0 fully saturated rings. The molecule has 0 spiro atoms. The van der Waals surface area contributed by atoms with E-state index in [4.69, 9.17) is 5.26 Å². The van der Waals surface area contributed by atoms with Crippen molar-refractivity contribution in [3.8, 4) is 6.07 Å². The summed E-state index contributed by atoms with van der Waals surface area (Å²) in [6.07, 6.45) is 2.74. The van der Waals surface area contributed by atoms with Crippen molar-refractivity contribution in [3.05, 3.63) is 78.0 Å². The van der Waals surface area contributed by atoms with Gasteiger partial charge in [-0.2, -0.15) is 5.26 Å². The number of aromatic nitrogens is 2. The Morgan fingerprint density at radius 2 is 1.84 bits per heavy atom. The van der Waals surface area contributed by atoms with E-state index in [1.165, 1.54) is 30.6 Å². The van der Waals surface area contributed by atoms with Gasteiger partial charge in [-0.25, -0.2) is 14.4 Å². The monoisotopic (exact) mass is 333 g/mol. The van der Waals surface area contributed by atoms with Gasteiger partial charge in [0.25, 0.3) is 5.91 Å². The first kappa shape index (κ1) is 16.1. The lowest BCUT2D eigenvalue weighted by atomic mass is 10.2. The summed E-state index contributed by atoms with van der Waals surface area (Å²) in [5.41, 5.74) is 1.74. The van der Waals surface area contributed by atoms with Gasteiger partial charge in [0, 0.05) is 11.4 Å². The van der Waals surface area contributed by atoms with Gasteiger partial charge in [0.15, 0.2) is 0 Å². The van der Waals surface area contributed by atoms with Crippen molar-refractivity contribution in [2.75, 3.05) is 10.6 Å². The van der Waals surface area contributed by atoms with Crippen LogP contribution < -0.4 is 10.6 Å². The fraction of sp³-hybridized carbons (Fsp3) is 0. The van der Waals surface area contributed by atoms with Crippen molar-refractivity contribution < 1.29 is 9.18 Å². The zero-order valence-electron chi connectivity index (χ0n) is 12.9. The SMILES string of the molecule is N#Cc1ccc(Nc2cnc(C(=O)Nc3cccc(F)c3)cn2)cc1. The molecule has 0 atom stereocenters. The first-order valence-corrected chi connectivity index (χ1v) is 7.30. The molecule has 0 aliphatic heterocycles. The normalized spacial score (nSPS) is 9.92. The highest BCUT2D eigenvalue weighted by Crippen LogP contribution is 2.15. The smallest absolute Gasteiger partial charge is 0.275 e. The Morgan fingerprint density at radius 3 is 2.48 bits per heavy atom. The maximum absolute atomic E-state index is 13.1. The minimum atomic E-state index is -0.483. The number of nitriles is 1. The molecule has 0 unspecified atom stereocenters. The maximum Gasteiger partial charge on any atom is 0.275 e. The number of carbonyl (C=O) groups is 1. The predicted octanol–water partition coefficient (Wildman–Crippen LogP) is 3.48. The second-order valence-corrected chi connectivity index (χ2v) is 5.07. The number of anilines is 3. The van der Waals surface area contributed by atoms with Crippen LogP contribution in [0.15, 0.2) is 60.9 Å². The highest BCUT2D eigenvalue weighted by Gasteiger charge is 2.09. The molecule has 0 bridgehead atoms. The molecule has 6 nitrogen and oxygen atoms in total. The zero-order chi connectivity index (χ0) is 17.6. The summed E-state index contributed by atoms with van der Waals surface area (Å²) in [6.45, 7) is 0. The predicted molar refractivity (Wildman–Crippen MR) is 90.8 cm³/mol. The number of carbonyl (C=O) groups excluding carboxylic acids is 1. The van der Waals surface area contributed by atoms with Gasteiger partial charge < -0.3 is 10.6 Å². The van der Waals surface area contributed by atoms with Gasteiger partial charge in [0.1, 0.15) is 17.3 Å². The summed E-state index contributed by atoms with van der Waals surface area (Å²) in [6, 6.07) is 14.5. The van der Waals surface area contributed by atoms with E-state index in [1.807, 2.05) is 6.07 Å². The summed E-state index contributed by atoms with van der Waals surface area (Å²) in [4.78, 5) is 20.2. The topological polar surface area (TPSA) is 90.7 Å². The van der Waals surface area contributed by atoms with Gasteiger partial charge in [-0.3, -0.25) is 4.79 Å². The molecule has 1 amide bonds. The van der Waals surface area contributed by atoms with Crippen LogP contribution in [-0.2, 0) is 0 Å². The average Bonchev–Trinajstić information content (AvgIpc) is 2.63. The van der Waals surface area contributed by atoms with E-state index in [2.05, 4.69) is 20.6 Å². The van der Waals surface area contributed by atoms with Crippen LogP contribution in [0.1, 0.15) is 16.1 Å². The zero-order valence-corrected chi connectivity index (χ0v) is 12.9. The largest absolute Gasteiger partial charge is 0.339 e. The van der Waals surface area contributed by atoms with Crippen LogP contribution in [0.25, 0.3) is 0 Å². The van der Waals surface area contributed by atoms with Crippen molar-refractivity contribution in [1.82, 2.24) is 9.97 Å². The molecular formula is C18H12FN5O. The van der Waals surface area contributed by atoms with Crippen molar-refractivity contribution in [1.29, 1.82) is 5.26 Å². The molecule has 2 N–H and O–H groups in total. The average molecular weight is 333 g/mol. The van der Waals surface area contributed by atoms with Crippen LogP contribution in [0.3, 0.4) is 0 Å². The van der Waals surface area contributed by atoms with E-state index in [9.17, 15) is 9.18 Å². The number of hydrogen-bond donors (Lipinski definition) is 2. The van der Waals surface area contributed by atoms with Gasteiger partial charge in [0.05, 0.1) is 24.0 Å². The van der Waals surface area contributed by atoms with E-state index in [1.54, 1.807) is 30.3 Å². The summed E-state index contributed by atoms with van der Waals surface area (Å²) in [7, 11) is 0. The fourth-order valence-electron chi connectivity index (χ4n) is 2.05. The van der Waals surface area contributed by atoms with E-state index < -0.39 is 11.7 Å². The van der Waals surface area contributed by atoms with E-state index in [-0.39, 0.29) is 5.69 Å². The lowest BCUT2D eigenvalue weighted by Gasteiger charge is -2.07. The molecule has 2 aromatic carbocycles. The number of amides is 1. The molecule has 0 saturated heterocycles. The Kier molecular flexibility index (Phi) is 4.62. The van der Waals surface area contributed by atoms with E-state index in [0.29, 0.717) is 17.1 Å². The Balaban J connectivity index is 1.66. The molecule has 3 rings (SSSR count). The van der Waals surface area contributed by atoms with Gasteiger partial charge in [-0.05, 0) is 42.5 Å². The molecule has 3 aromatic rings. The third-order valence-corrected chi connectivity index (χ3v) is 3.25. The van der Waals surface area contributed by atoms with Crippen molar-refractivity contribution in [2.24, 2.45) is 0 Å². The van der Waals surface area contributed by atoms with E-state index >= 15 is 0 Å². The standard InChI is InChI=1S/C18H12FN5O/c19-13-2-1-3-15(8-13)24-18(25)16-10-22-17(11-21-16)23-14-6-4-12(9-20)5-7-14/h1-8,10-11H,(H,22,23)(H,24,25). The van der Waals surface area contributed by atoms with Crippen LogP contribution in [0.5, 0.6) is 0 Å². The number of nitrogens with zero attached hydrogens (tertiary/aromatic N) is 3. The minimum Gasteiger partial charge on any atom is -0.339 e. The lowest BCUT2D eigenvalue weighted by molar-refractivity contribution is 0.102. The number of rotatable bonds is 4. The Bertz CT molecular complexity index is 933. The lowest BCUT2D eigenvalue weighted by Crippen LogP contribution is -2.14. The summed E-state index contributed by atoms with van der Waals surface area (Å²) < 4.78 is 13.1. The first-order chi connectivity index (χ1) is 12.1. The second kappa shape index (κ2) is 7.19. The molecule has 122 valence electrons. The molecule has 0 aliphatic rings. The number of halogens is 1. The fourth-order valence-corrected chi connectivity index (χ4v) is 2.05. The Morgan fingerprint density at radius 1 is 1.04 bits per heavy atom.